The number of nitrogens with two attached hydrogens (primary N) is 1. The third-order valence-corrected chi connectivity index (χ3v) is 1.93. The molecule has 0 radical (unpaired) electrons. The minimum absolute atomic E-state index is 0.0799. The zero-order valence-electron chi connectivity index (χ0n) is 7.70. The van der Waals surface area contributed by atoms with Crippen LogP contribution < -0.4 is 15.2 Å². The third kappa shape index (κ3) is 1.76. The summed E-state index contributed by atoms with van der Waals surface area (Å²) in [6.45, 7) is 0.296. The van der Waals surface area contributed by atoms with Crippen LogP contribution in [0.25, 0.3) is 6.08 Å². The lowest BCUT2D eigenvalue weighted by molar-refractivity contribution is 0.210. The fraction of sp³-hybridized carbons (Fsp3) is 0.100. The summed E-state index contributed by atoms with van der Waals surface area (Å²) in [6, 6.07) is 2.49. The Balaban J connectivity index is 2.49. The Morgan fingerprint density at radius 1 is 1.53 bits per heavy atom. The normalized spacial score (nSPS) is 12.9. The number of fused-ring (bicyclic) bond motifs is 1. The molecule has 1 aromatic carbocycles. The van der Waals surface area contributed by atoms with Gasteiger partial charge in [0.15, 0.2) is 11.6 Å². The molecule has 0 saturated carbocycles. The summed E-state index contributed by atoms with van der Waals surface area (Å²) in [5, 5.41) is 0. The summed E-state index contributed by atoms with van der Waals surface area (Å²) in [7, 11) is 0. The number of carbonyl (C=O) groups excluding carboxylic acids is 1. The van der Waals surface area contributed by atoms with Crippen molar-refractivity contribution in [3.8, 4) is 11.5 Å². The molecule has 2 N–H and O–H groups in total. The molecule has 0 atom stereocenters. The van der Waals surface area contributed by atoms with Gasteiger partial charge in [-0.3, -0.25) is 0 Å². The number of hydrogen-bond acceptors (Lipinski definition) is 3. The first kappa shape index (κ1) is 9.51. The van der Waals surface area contributed by atoms with E-state index in [1.165, 1.54) is 6.07 Å². The smallest absolute Gasteiger partial charge is 0.409 e. The predicted octanol–water partition coefficient (Wildman–Crippen LogP) is 1.69. The second-order valence-electron chi connectivity index (χ2n) is 2.92. The van der Waals surface area contributed by atoms with E-state index in [1.54, 1.807) is 12.2 Å². The predicted molar refractivity (Wildman–Crippen MR) is 51.1 cm³/mol. The number of halogens is 1. The van der Waals surface area contributed by atoms with Crippen LogP contribution in [-0.4, -0.2) is 12.7 Å². The number of carbonyl (C=O) groups is 1. The van der Waals surface area contributed by atoms with Gasteiger partial charge in [0, 0.05) is 0 Å². The molecule has 1 heterocycles. The number of benzene rings is 1. The van der Waals surface area contributed by atoms with Crippen LogP contribution in [0.5, 0.6) is 11.5 Å². The van der Waals surface area contributed by atoms with Crippen LogP contribution in [0.4, 0.5) is 9.18 Å². The first-order valence-electron chi connectivity index (χ1n) is 4.27. The number of rotatable bonds is 1. The Labute approximate surface area is 85.1 Å². The molecule has 0 unspecified atom stereocenters. The topological polar surface area (TPSA) is 61.6 Å². The molecule has 2 rings (SSSR count). The monoisotopic (exact) mass is 209 g/mol. The molecule has 5 heteroatoms. The Kier molecular flexibility index (Phi) is 2.29. The van der Waals surface area contributed by atoms with Crippen molar-refractivity contribution in [2.75, 3.05) is 6.61 Å². The number of ether oxygens (including phenoxy) is 2. The molecule has 0 spiro atoms. The minimum Gasteiger partial charge on any atom is -0.486 e. The maximum Gasteiger partial charge on any atom is 0.409 e. The fourth-order valence-electron chi connectivity index (χ4n) is 1.35. The molecular weight excluding hydrogens is 201 g/mol. The summed E-state index contributed by atoms with van der Waals surface area (Å²) in [5.74, 6) is -0.225. The van der Waals surface area contributed by atoms with Gasteiger partial charge in [-0.15, -0.1) is 0 Å². The molecule has 0 bridgehead atoms. The average Bonchev–Trinajstić information content (AvgIpc) is 2.22. The van der Waals surface area contributed by atoms with Gasteiger partial charge in [0.1, 0.15) is 12.4 Å². The summed E-state index contributed by atoms with van der Waals surface area (Å²) in [5.41, 5.74) is 5.26. The van der Waals surface area contributed by atoms with E-state index in [2.05, 4.69) is 0 Å². The third-order valence-electron chi connectivity index (χ3n) is 1.93. The Hall–Kier alpha value is -2.04. The van der Waals surface area contributed by atoms with Crippen molar-refractivity contribution < 1.29 is 18.7 Å². The first-order chi connectivity index (χ1) is 7.18. The Morgan fingerprint density at radius 3 is 3.07 bits per heavy atom. The van der Waals surface area contributed by atoms with Crippen LogP contribution in [-0.2, 0) is 0 Å². The van der Waals surface area contributed by atoms with Crippen LogP contribution >= 0.6 is 0 Å². The first-order valence-corrected chi connectivity index (χ1v) is 4.27. The Bertz CT molecular complexity index is 443. The highest BCUT2D eigenvalue weighted by Gasteiger charge is 2.17. The van der Waals surface area contributed by atoms with Gasteiger partial charge in [0.25, 0.3) is 0 Å². The van der Waals surface area contributed by atoms with E-state index in [0.717, 1.165) is 6.07 Å². The van der Waals surface area contributed by atoms with Crippen molar-refractivity contribution >= 4 is 12.2 Å². The van der Waals surface area contributed by atoms with Crippen molar-refractivity contribution in [1.82, 2.24) is 0 Å². The van der Waals surface area contributed by atoms with Crippen LogP contribution in [0.15, 0.2) is 18.2 Å². The molecule has 1 amide bonds. The van der Waals surface area contributed by atoms with E-state index in [-0.39, 0.29) is 11.5 Å². The van der Waals surface area contributed by atoms with Crippen LogP contribution in [0.2, 0.25) is 0 Å². The fourth-order valence-corrected chi connectivity index (χ4v) is 1.35. The van der Waals surface area contributed by atoms with E-state index in [1.807, 2.05) is 0 Å². The second kappa shape index (κ2) is 3.61. The van der Waals surface area contributed by atoms with Gasteiger partial charge in [-0.05, 0) is 24.3 Å². The highest BCUT2D eigenvalue weighted by Crippen LogP contribution is 2.34. The second-order valence-corrected chi connectivity index (χ2v) is 2.92. The molecule has 15 heavy (non-hydrogen) atoms. The van der Waals surface area contributed by atoms with Gasteiger partial charge in [-0.25, -0.2) is 9.18 Å². The maximum atomic E-state index is 13.3. The van der Waals surface area contributed by atoms with E-state index in [4.69, 9.17) is 15.2 Å². The summed E-state index contributed by atoms with van der Waals surface area (Å²) in [6.07, 6.45) is 2.37. The lowest BCUT2D eigenvalue weighted by Crippen LogP contribution is -2.17. The molecule has 4 nitrogen and oxygen atoms in total. The molecule has 0 fully saturated rings. The number of hydrogen-bond donors (Lipinski definition) is 1. The Morgan fingerprint density at radius 2 is 2.33 bits per heavy atom. The van der Waals surface area contributed by atoms with Crippen molar-refractivity contribution in [3.05, 3.63) is 29.6 Å². The number of primary amides is 1. The summed E-state index contributed by atoms with van der Waals surface area (Å²) in [4.78, 5) is 10.6. The lowest BCUT2D eigenvalue weighted by Gasteiger charge is -2.15. The average molecular weight is 209 g/mol. The molecule has 1 aliphatic rings. The van der Waals surface area contributed by atoms with E-state index < -0.39 is 11.9 Å². The molecule has 0 aromatic heterocycles. The molecule has 1 aliphatic heterocycles. The lowest BCUT2D eigenvalue weighted by atomic mass is 10.1. The van der Waals surface area contributed by atoms with Crippen molar-refractivity contribution in [3.63, 3.8) is 0 Å². The van der Waals surface area contributed by atoms with Gasteiger partial charge < -0.3 is 15.2 Å². The van der Waals surface area contributed by atoms with E-state index in [9.17, 15) is 9.18 Å². The van der Waals surface area contributed by atoms with Crippen LogP contribution in [0, 0.1) is 5.82 Å². The quantitative estimate of drug-likeness (QED) is 0.765. The molecule has 1 aromatic rings. The SMILES string of the molecule is NC(=O)Oc1ccc(F)c2c1C=CCO2. The summed E-state index contributed by atoms with van der Waals surface area (Å²) < 4.78 is 23.0. The van der Waals surface area contributed by atoms with Gasteiger partial charge in [-0.1, -0.05) is 0 Å². The van der Waals surface area contributed by atoms with Crippen LogP contribution in [0.1, 0.15) is 5.56 Å². The molecular formula is C10H8FNO3. The largest absolute Gasteiger partial charge is 0.486 e. The van der Waals surface area contributed by atoms with E-state index in [0.29, 0.717) is 12.2 Å². The summed E-state index contributed by atoms with van der Waals surface area (Å²) >= 11 is 0. The zero-order chi connectivity index (χ0) is 10.8. The van der Waals surface area contributed by atoms with Gasteiger partial charge >= 0.3 is 6.09 Å². The molecule has 78 valence electrons. The highest BCUT2D eigenvalue weighted by atomic mass is 19.1. The van der Waals surface area contributed by atoms with Crippen molar-refractivity contribution in [1.29, 1.82) is 0 Å². The van der Waals surface area contributed by atoms with Crippen molar-refractivity contribution in [2.45, 2.75) is 0 Å². The number of amides is 1. The maximum absolute atomic E-state index is 13.3. The highest BCUT2D eigenvalue weighted by molar-refractivity contribution is 5.73. The zero-order valence-corrected chi connectivity index (χ0v) is 7.70. The molecule has 0 saturated heterocycles. The van der Waals surface area contributed by atoms with Gasteiger partial charge in [0.2, 0.25) is 0 Å². The molecule has 0 aliphatic carbocycles. The minimum atomic E-state index is -0.942. The van der Waals surface area contributed by atoms with Crippen LogP contribution in [0.3, 0.4) is 0 Å². The van der Waals surface area contributed by atoms with Gasteiger partial charge in [-0.2, -0.15) is 0 Å². The standard InChI is InChI=1S/C10H8FNO3/c11-7-3-4-8(15-10(12)13)6-2-1-5-14-9(6)7/h1-4H,5H2,(H2,12,13). The van der Waals surface area contributed by atoms with E-state index >= 15 is 0 Å². The van der Waals surface area contributed by atoms with Gasteiger partial charge in [0.05, 0.1) is 5.56 Å². The van der Waals surface area contributed by atoms with Crippen molar-refractivity contribution in [2.24, 2.45) is 5.73 Å².